The molecular formula is C16H18BrN3O2S2. The number of amides is 3. The number of benzene rings is 1. The smallest absolute Gasteiger partial charge is 0.319 e. The highest BCUT2D eigenvalue weighted by Gasteiger charge is 2.05. The molecule has 128 valence electrons. The molecule has 1 heterocycles. The Balaban J connectivity index is 1.52. The molecule has 0 fully saturated rings. The molecule has 0 aliphatic heterocycles. The first kappa shape index (κ1) is 18.8. The number of hydrogen-bond donors (Lipinski definition) is 3. The van der Waals surface area contributed by atoms with Crippen LogP contribution in [-0.2, 0) is 10.5 Å². The predicted octanol–water partition coefficient (Wildman–Crippen LogP) is 3.68. The van der Waals surface area contributed by atoms with E-state index in [1.54, 1.807) is 35.2 Å². The molecule has 0 bridgehead atoms. The molecule has 24 heavy (non-hydrogen) atoms. The summed E-state index contributed by atoms with van der Waals surface area (Å²) < 4.78 is 1.13. The maximum absolute atomic E-state index is 11.7. The van der Waals surface area contributed by atoms with Gasteiger partial charge in [0.05, 0.1) is 10.3 Å². The lowest BCUT2D eigenvalue weighted by Gasteiger charge is -2.08. The Labute approximate surface area is 157 Å². The average Bonchev–Trinajstić information content (AvgIpc) is 2.99. The van der Waals surface area contributed by atoms with E-state index in [9.17, 15) is 9.59 Å². The molecule has 1 aromatic heterocycles. The van der Waals surface area contributed by atoms with Crippen LogP contribution in [0.25, 0.3) is 0 Å². The minimum Gasteiger partial charge on any atom is -0.354 e. The molecule has 0 atom stereocenters. The van der Waals surface area contributed by atoms with Gasteiger partial charge in [0, 0.05) is 28.6 Å². The standard InChI is InChI=1S/C16H18BrN3O2S2/c17-14-7-6-13(24-14)11-23-9-8-18-15(21)10-19-16(22)20-12-4-2-1-3-5-12/h1-7H,8-11H2,(H,18,21)(H2,19,20,22). The summed E-state index contributed by atoms with van der Waals surface area (Å²) in [4.78, 5) is 24.6. The van der Waals surface area contributed by atoms with Crippen LogP contribution < -0.4 is 16.0 Å². The molecule has 3 N–H and O–H groups in total. The number of nitrogens with one attached hydrogen (secondary N) is 3. The van der Waals surface area contributed by atoms with Gasteiger partial charge in [0.25, 0.3) is 0 Å². The summed E-state index contributed by atoms with van der Waals surface area (Å²) in [7, 11) is 0. The maximum Gasteiger partial charge on any atom is 0.319 e. The van der Waals surface area contributed by atoms with Crippen LogP contribution in [0.2, 0.25) is 0 Å². The summed E-state index contributed by atoms with van der Waals surface area (Å²) in [6.45, 7) is 0.541. The number of thioether (sulfide) groups is 1. The van der Waals surface area contributed by atoms with Gasteiger partial charge >= 0.3 is 6.03 Å². The van der Waals surface area contributed by atoms with Crippen molar-refractivity contribution in [3.63, 3.8) is 0 Å². The van der Waals surface area contributed by atoms with E-state index < -0.39 is 6.03 Å². The van der Waals surface area contributed by atoms with Crippen molar-refractivity contribution < 1.29 is 9.59 Å². The third-order valence-electron chi connectivity index (χ3n) is 2.88. The Morgan fingerprint density at radius 3 is 2.58 bits per heavy atom. The van der Waals surface area contributed by atoms with Gasteiger partial charge in [0.1, 0.15) is 0 Å². The molecule has 0 saturated carbocycles. The minimum atomic E-state index is -0.394. The van der Waals surface area contributed by atoms with E-state index in [1.807, 2.05) is 24.3 Å². The van der Waals surface area contributed by atoms with E-state index in [4.69, 9.17) is 0 Å². The van der Waals surface area contributed by atoms with E-state index in [-0.39, 0.29) is 12.5 Å². The molecule has 3 amide bonds. The zero-order valence-corrected chi connectivity index (χ0v) is 16.1. The summed E-state index contributed by atoms with van der Waals surface area (Å²) in [5, 5.41) is 7.97. The third kappa shape index (κ3) is 7.37. The van der Waals surface area contributed by atoms with E-state index in [1.165, 1.54) is 4.88 Å². The number of rotatable bonds is 8. The Kier molecular flexibility index (Phi) is 8.14. The lowest BCUT2D eigenvalue weighted by atomic mass is 10.3. The molecule has 0 unspecified atom stereocenters. The second-order valence-electron chi connectivity index (χ2n) is 4.78. The molecule has 0 radical (unpaired) electrons. The van der Waals surface area contributed by atoms with E-state index in [0.717, 1.165) is 15.3 Å². The molecule has 2 aromatic rings. The van der Waals surface area contributed by atoms with Crippen LogP contribution in [0.15, 0.2) is 46.3 Å². The normalized spacial score (nSPS) is 10.2. The van der Waals surface area contributed by atoms with Crippen molar-refractivity contribution in [2.75, 3.05) is 24.2 Å². The van der Waals surface area contributed by atoms with Gasteiger partial charge in [0.15, 0.2) is 0 Å². The molecule has 0 saturated heterocycles. The average molecular weight is 428 g/mol. The lowest BCUT2D eigenvalue weighted by Crippen LogP contribution is -2.39. The van der Waals surface area contributed by atoms with Crippen molar-refractivity contribution in [2.45, 2.75) is 5.75 Å². The predicted molar refractivity (Wildman–Crippen MR) is 105 cm³/mol. The number of carbonyl (C=O) groups is 2. The van der Waals surface area contributed by atoms with Crippen molar-refractivity contribution in [3.05, 3.63) is 51.1 Å². The number of carbonyl (C=O) groups excluding carboxylic acids is 2. The summed E-state index contributed by atoms with van der Waals surface area (Å²) in [6.07, 6.45) is 0. The van der Waals surface area contributed by atoms with E-state index in [2.05, 4.69) is 37.9 Å². The van der Waals surface area contributed by atoms with Crippen LogP contribution in [0, 0.1) is 0 Å². The van der Waals surface area contributed by atoms with Crippen LogP contribution >= 0.6 is 39.0 Å². The number of anilines is 1. The molecule has 1 aromatic carbocycles. The second-order valence-corrected chi connectivity index (χ2v) is 8.43. The summed E-state index contributed by atoms with van der Waals surface area (Å²) >= 11 is 6.92. The fraction of sp³-hybridized carbons (Fsp3) is 0.250. The van der Waals surface area contributed by atoms with Gasteiger partial charge in [-0.3, -0.25) is 4.79 Å². The summed E-state index contributed by atoms with van der Waals surface area (Å²) in [5.74, 6) is 1.57. The molecule has 2 rings (SSSR count). The minimum absolute atomic E-state index is 0.0405. The summed E-state index contributed by atoms with van der Waals surface area (Å²) in [5.41, 5.74) is 0.687. The van der Waals surface area contributed by atoms with Gasteiger partial charge in [-0.1, -0.05) is 18.2 Å². The molecule has 8 heteroatoms. The van der Waals surface area contributed by atoms with Crippen molar-refractivity contribution in [3.8, 4) is 0 Å². The van der Waals surface area contributed by atoms with Crippen molar-refractivity contribution in [1.82, 2.24) is 10.6 Å². The van der Waals surface area contributed by atoms with Gasteiger partial charge in [-0.15, -0.1) is 11.3 Å². The Morgan fingerprint density at radius 2 is 1.88 bits per heavy atom. The third-order valence-corrected chi connectivity index (χ3v) is 5.70. The molecular weight excluding hydrogens is 410 g/mol. The number of hydrogen-bond acceptors (Lipinski definition) is 4. The zero-order chi connectivity index (χ0) is 17.2. The van der Waals surface area contributed by atoms with Gasteiger partial charge < -0.3 is 16.0 Å². The second kappa shape index (κ2) is 10.4. The molecule has 0 aliphatic carbocycles. The number of para-hydroxylation sites is 1. The van der Waals surface area contributed by atoms with Crippen LogP contribution in [0.4, 0.5) is 10.5 Å². The molecule has 5 nitrogen and oxygen atoms in total. The fourth-order valence-electron chi connectivity index (χ4n) is 1.78. The molecule has 0 aliphatic rings. The van der Waals surface area contributed by atoms with Gasteiger partial charge in [0.2, 0.25) is 5.91 Å². The van der Waals surface area contributed by atoms with E-state index in [0.29, 0.717) is 12.2 Å². The van der Waals surface area contributed by atoms with E-state index >= 15 is 0 Å². The number of thiophene rings is 1. The van der Waals surface area contributed by atoms with Crippen LogP contribution in [0.5, 0.6) is 0 Å². The Bertz CT molecular complexity index is 664. The number of halogens is 1. The first-order valence-corrected chi connectivity index (χ1v) is 10.1. The maximum atomic E-state index is 11.7. The van der Waals surface area contributed by atoms with Crippen molar-refractivity contribution >= 4 is 56.7 Å². The first-order valence-electron chi connectivity index (χ1n) is 7.32. The quantitative estimate of drug-likeness (QED) is 0.562. The molecule has 0 spiro atoms. The van der Waals surface area contributed by atoms with Gasteiger partial charge in [-0.25, -0.2) is 4.79 Å². The van der Waals surface area contributed by atoms with Gasteiger partial charge in [-0.2, -0.15) is 11.8 Å². The SMILES string of the molecule is O=C(CNC(=O)Nc1ccccc1)NCCSCc1ccc(Br)s1. The highest BCUT2D eigenvalue weighted by molar-refractivity contribution is 9.11. The van der Waals surface area contributed by atoms with Crippen LogP contribution in [-0.4, -0.2) is 30.8 Å². The Hall–Kier alpha value is -1.51. The zero-order valence-electron chi connectivity index (χ0n) is 12.9. The largest absolute Gasteiger partial charge is 0.354 e. The van der Waals surface area contributed by atoms with Crippen molar-refractivity contribution in [2.24, 2.45) is 0 Å². The fourth-order valence-corrected chi connectivity index (χ4v) is 4.24. The first-order chi connectivity index (χ1) is 11.6. The number of urea groups is 1. The van der Waals surface area contributed by atoms with Crippen molar-refractivity contribution in [1.29, 1.82) is 0 Å². The highest BCUT2D eigenvalue weighted by Crippen LogP contribution is 2.25. The van der Waals surface area contributed by atoms with Crippen LogP contribution in [0.3, 0.4) is 0 Å². The van der Waals surface area contributed by atoms with Crippen LogP contribution in [0.1, 0.15) is 4.88 Å². The topological polar surface area (TPSA) is 70.2 Å². The summed E-state index contributed by atoms with van der Waals surface area (Å²) in [6, 6.07) is 12.8. The lowest BCUT2D eigenvalue weighted by molar-refractivity contribution is -0.119. The monoisotopic (exact) mass is 427 g/mol. The Morgan fingerprint density at radius 1 is 1.08 bits per heavy atom. The van der Waals surface area contributed by atoms with Gasteiger partial charge in [-0.05, 0) is 40.2 Å². The highest BCUT2D eigenvalue weighted by atomic mass is 79.9.